The Bertz CT molecular complexity index is 391. The van der Waals surface area contributed by atoms with Crippen LogP contribution in [-0.2, 0) is 11.2 Å². The highest BCUT2D eigenvalue weighted by molar-refractivity contribution is 7.07. The van der Waals surface area contributed by atoms with Crippen molar-refractivity contribution in [1.82, 2.24) is 4.90 Å². The van der Waals surface area contributed by atoms with E-state index in [1.54, 1.807) is 11.3 Å². The Hall–Kier alpha value is -0.870. The molecule has 18 heavy (non-hydrogen) atoms. The molecule has 0 radical (unpaired) electrons. The molecule has 0 bridgehead atoms. The average molecular weight is 267 g/mol. The molecule has 0 spiro atoms. The molecule has 1 atom stereocenters. The van der Waals surface area contributed by atoms with E-state index in [0.717, 1.165) is 37.8 Å². The van der Waals surface area contributed by atoms with Crippen molar-refractivity contribution in [3.05, 3.63) is 22.4 Å². The summed E-state index contributed by atoms with van der Waals surface area (Å²) in [7, 11) is 0. The summed E-state index contributed by atoms with van der Waals surface area (Å²) in [6.07, 6.45) is 4.32. The van der Waals surface area contributed by atoms with E-state index in [0.29, 0.717) is 6.42 Å². The molecule has 1 aromatic heterocycles. The summed E-state index contributed by atoms with van der Waals surface area (Å²) in [5, 5.41) is 13.7. The molecule has 1 aromatic rings. The fourth-order valence-electron chi connectivity index (χ4n) is 2.96. The molecule has 2 rings (SSSR count). The number of amides is 1. The summed E-state index contributed by atoms with van der Waals surface area (Å²) in [5.41, 5.74) is 0.794. The Morgan fingerprint density at radius 2 is 2.44 bits per heavy atom. The van der Waals surface area contributed by atoms with Gasteiger partial charge in [-0.3, -0.25) is 4.79 Å². The number of nitrogens with zero attached hydrogens (tertiary/aromatic N) is 1. The van der Waals surface area contributed by atoms with Crippen molar-refractivity contribution in [3.63, 3.8) is 0 Å². The molecule has 0 saturated carbocycles. The third kappa shape index (κ3) is 2.59. The van der Waals surface area contributed by atoms with Crippen molar-refractivity contribution in [3.8, 4) is 0 Å². The van der Waals surface area contributed by atoms with Gasteiger partial charge in [0.25, 0.3) is 0 Å². The van der Waals surface area contributed by atoms with Gasteiger partial charge in [0.1, 0.15) is 0 Å². The third-order valence-electron chi connectivity index (χ3n) is 3.84. The van der Waals surface area contributed by atoms with Gasteiger partial charge in [0, 0.05) is 6.54 Å². The molecule has 3 nitrogen and oxygen atoms in total. The molecule has 1 amide bonds. The predicted molar refractivity (Wildman–Crippen MR) is 73.7 cm³/mol. The summed E-state index contributed by atoms with van der Waals surface area (Å²) < 4.78 is 0. The van der Waals surface area contributed by atoms with E-state index in [1.165, 1.54) is 0 Å². The lowest BCUT2D eigenvalue weighted by molar-refractivity contribution is -0.136. The lowest BCUT2D eigenvalue weighted by Crippen LogP contribution is -2.50. The first-order valence-corrected chi connectivity index (χ1v) is 7.58. The van der Waals surface area contributed by atoms with Crippen molar-refractivity contribution in [1.29, 1.82) is 0 Å². The first-order chi connectivity index (χ1) is 8.72. The monoisotopic (exact) mass is 267 g/mol. The van der Waals surface area contributed by atoms with Crippen molar-refractivity contribution >= 4 is 17.2 Å². The molecule has 2 heterocycles. The number of rotatable bonds is 5. The molecule has 0 aliphatic carbocycles. The van der Waals surface area contributed by atoms with Gasteiger partial charge < -0.3 is 10.0 Å². The summed E-state index contributed by atoms with van der Waals surface area (Å²) in [4.78, 5) is 14.3. The number of aliphatic hydroxyl groups excluding tert-OH is 1. The van der Waals surface area contributed by atoms with Crippen LogP contribution in [0.2, 0.25) is 0 Å². The van der Waals surface area contributed by atoms with Gasteiger partial charge in [-0.2, -0.15) is 11.3 Å². The normalized spacial score (nSPS) is 23.6. The number of hydrogen-bond acceptors (Lipinski definition) is 3. The van der Waals surface area contributed by atoms with E-state index in [-0.39, 0.29) is 18.1 Å². The summed E-state index contributed by atoms with van der Waals surface area (Å²) in [6.45, 7) is 3.00. The standard InChI is InChI=1S/C14H21NO2S/c1-2-5-14(11-16)6-3-7-15(14)13(17)9-12-4-8-18-10-12/h4,8,10,16H,2-3,5-7,9,11H2,1H3. The topological polar surface area (TPSA) is 40.5 Å². The lowest BCUT2D eigenvalue weighted by atomic mass is 9.91. The highest BCUT2D eigenvalue weighted by atomic mass is 32.1. The lowest BCUT2D eigenvalue weighted by Gasteiger charge is -2.37. The van der Waals surface area contributed by atoms with E-state index >= 15 is 0 Å². The van der Waals surface area contributed by atoms with E-state index in [4.69, 9.17) is 0 Å². The third-order valence-corrected chi connectivity index (χ3v) is 4.57. The molecule has 1 saturated heterocycles. The summed E-state index contributed by atoms with van der Waals surface area (Å²) >= 11 is 1.62. The van der Waals surface area contributed by atoms with E-state index in [1.807, 2.05) is 21.7 Å². The van der Waals surface area contributed by atoms with E-state index in [2.05, 4.69) is 6.92 Å². The first kappa shape index (κ1) is 13.6. The maximum atomic E-state index is 12.4. The molecule has 1 unspecified atom stereocenters. The van der Waals surface area contributed by atoms with Gasteiger partial charge in [-0.05, 0) is 41.7 Å². The summed E-state index contributed by atoms with van der Waals surface area (Å²) in [6, 6.07) is 2.00. The van der Waals surface area contributed by atoms with Gasteiger partial charge in [-0.1, -0.05) is 13.3 Å². The zero-order chi connectivity index (χ0) is 13.0. The maximum Gasteiger partial charge on any atom is 0.227 e. The van der Waals surface area contributed by atoms with Crippen LogP contribution in [0.1, 0.15) is 38.2 Å². The Morgan fingerprint density at radius 3 is 3.06 bits per heavy atom. The number of thiophene rings is 1. The SMILES string of the molecule is CCCC1(CO)CCCN1C(=O)Cc1ccsc1. The molecule has 100 valence electrons. The van der Waals surface area contributed by atoms with E-state index in [9.17, 15) is 9.90 Å². The second kappa shape index (κ2) is 5.85. The average Bonchev–Trinajstić information content (AvgIpc) is 2.99. The van der Waals surface area contributed by atoms with Crippen LogP contribution in [0.4, 0.5) is 0 Å². The van der Waals surface area contributed by atoms with Gasteiger partial charge in [0.2, 0.25) is 5.91 Å². The molecule has 1 fully saturated rings. The number of aliphatic hydroxyl groups is 1. The minimum Gasteiger partial charge on any atom is -0.394 e. The van der Waals surface area contributed by atoms with E-state index < -0.39 is 0 Å². The van der Waals surface area contributed by atoms with Gasteiger partial charge in [0.15, 0.2) is 0 Å². The van der Waals surface area contributed by atoms with Gasteiger partial charge in [0.05, 0.1) is 18.6 Å². The fraction of sp³-hybridized carbons (Fsp3) is 0.643. The van der Waals surface area contributed by atoms with Crippen LogP contribution < -0.4 is 0 Å². The molecule has 4 heteroatoms. The molecular formula is C14H21NO2S. The fourth-order valence-corrected chi connectivity index (χ4v) is 3.63. The first-order valence-electron chi connectivity index (χ1n) is 6.64. The van der Waals surface area contributed by atoms with Crippen molar-refractivity contribution < 1.29 is 9.90 Å². The largest absolute Gasteiger partial charge is 0.394 e. The van der Waals surface area contributed by atoms with Crippen LogP contribution in [0, 0.1) is 0 Å². The molecule has 0 aromatic carbocycles. The quantitative estimate of drug-likeness (QED) is 0.890. The molecular weight excluding hydrogens is 246 g/mol. The van der Waals surface area contributed by atoms with Gasteiger partial charge in [-0.15, -0.1) is 0 Å². The minimum atomic E-state index is -0.290. The molecule has 1 aliphatic heterocycles. The Morgan fingerprint density at radius 1 is 1.61 bits per heavy atom. The van der Waals surface area contributed by atoms with Crippen LogP contribution >= 0.6 is 11.3 Å². The highest BCUT2D eigenvalue weighted by Crippen LogP contribution is 2.33. The van der Waals surface area contributed by atoms with Crippen LogP contribution in [0.15, 0.2) is 16.8 Å². The van der Waals surface area contributed by atoms with Crippen LogP contribution in [0.25, 0.3) is 0 Å². The highest BCUT2D eigenvalue weighted by Gasteiger charge is 2.41. The Kier molecular flexibility index (Phi) is 4.40. The minimum absolute atomic E-state index is 0.0935. The Labute approximate surface area is 112 Å². The number of carbonyl (C=O) groups is 1. The van der Waals surface area contributed by atoms with Crippen LogP contribution in [0.3, 0.4) is 0 Å². The molecule has 1 N–H and O–H groups in total. The van der Waals surface area contributed by atoms with Crippen LogP contribution in [-0.4, -0.2) is 34.6 Å². The second-order valence-corrected chi connectivity index (χ2v) is 5.87. The predicted octanol–water partition coefficient (Wildman–Crippen LogP) is 2.44. The van der Waals surface area contributed by atoms with Crippen molar-refractivity contribution in [2.24, 2.45) is 0 Å². The number of likely N-dealkylation sites (tertiary alicyclic amines) is 1. The van der Waals surface area contributed by atoms with Crippen molar-refractivity contribution in [2.75, 3.05) is 13.2 Å². The summed E-state index contributed by atoms with van der Waals surface area (Å²) in [5.74, 6) is 0.161. The second-order valence-electron chi connectivity index (χ2n) is 5.09. The number of hydrogen-bond donors (Lipinski definition) is 1. The zero-order valence-electron chi connectivity index (χ0n) is 10.9. The van der Waals surface area contributed by atoms with Crippen LogP contribution in [0.5, 0.6) is 0 Å². The smallest absolute Gasteiger partial charge is 0.227 e. The van der Waals surface area contributed by atoms with Crippen molar-refractivity contribution in [2.45, 2.75) is 44.6 Å². The Balaban J connectivity index is 2.08. The maximum absolute atomic E-state index is 12.4. The number of carbonyl (C=O) groups excluding carboxylic acids is 1. The zero-order valence-corrected chi connectivity index (χ0v) is 11.7. The molecule has 1 aliphatic rings. The van der Waals surface area contributed by atoms with Gasteiger partial charge in [-0.25, -0.2) is 0 Å². The van der Waals surface area contributed by atoms with Gasteiger partial charge >= 0.3 is 0 Å².